The minimum Gasteiger partial charge on any atom is -0.475 e. The van der Waals surface area contributed by atoms with E-state index in [0.717, 1.165) is 30.9 Å². The Morgan fingerprint density at radius 1 is 1.41 bits per heavy atom. The average Bonchev–Trinajstić information content (AvgIpc) is 3.24. The van der Waals surface area contributed by atoms with E-state index in [2.05, 4.69) is 14.7 Å². The Labute approximate surface area is 165 Å². The molecule has 3 rings (SSSR count). The number of fused-ring (bicyclic) bond motifs is 1. The van der Waals surface area contributed by atoms with Gasteiger partial charge in [0.25, 0.3) is 0 Å². The number of rotatable bonds is 6. The van der Waals surface area contributed by atoms with Gasteiger partial charge in [0.15, 0.2) is 0 Å². The molecule has 0 spiro atoms. The van der Waals surface area contributed by atoms with E-state index in [9.17, 15) is 21.6 Å². The highest BCUT2D eigenvalue weighted by Crippen LogP contribution is 2.24. The Morgan fingerprint density at radius 3 is 2.66 bits per heavy atom. The largest absolute Gasteiger partial charge is 0.490 e. The number of carboxylic acid groups (broad SMARTS) is 1. The number of nitrogens with zero attached hydrogens (tertiary/aromatic N) is 3. The van der Waals surface area contributed by atoms with Crippen LogP contribution in [0, 0.1) is 0 Å². The zero-order chi connectivity index (χ0) is 21.7. The SMILES string of the molecule is CS(=O)(=O)NCCC1CN(Cc2ccoc2)Cc2ccnn21.O=C(O)C(F)(F)F. The lowest BCUT2D eigenvalue weighted by molar-refractivity contribution is -0.192. The Bertz CT molecular complexity index is 896. The Hall–Kier alpha value is -2.38. The average molecular weight is 438 g/mol. The molecule has 2 aromatic rings. The van der Waals surface area contributed by atoms with Gasteiger partial charge in [-0.25, -0.2) is 17.9 Å². The van der Waals surface area contributed by atoms with Crippen molar-refractivity contribution in [1.29, 1.82) is 0 Å². The lowest BCUT2D eigenvalue weighted by atomic mass is 10.1. The lowest BCUT2D eigenvalue weighted by Gasteiger charge is -2.33. The smallest absolute Gasteiger partial charge is 0.475 e. The Balaban J connectivity index is 0.000000370. The van der Waals surface area contributed by atoms with E-state index in [0.29, 0.717) is 13.0 Å². The van der Waals surface area contributed by atoms with Gasteiger partial charge in [-0.15, -0.1) is 0 Å². The van der Waals surface area contributed by atoms with Crippen molar-refractivity contribution in [2.75, 3.05) is 19.3 Å². The first-order valence-electron chi connectivity index (χ1n) is 8.46. The van der Waals surface area contributed by atoms with Crippen molar-refractivity contribution in [1.82, 2.24) is 19.4 Å². The second-order valence-electron chi connectivity index (χ2n) is 6.48. The van der Waals surface area contributed by atoms with E-state index in [-0.39, 0.29) is 6.04 Å². The minimum atomic E-state index is -5.08. The molecule has 9 nitrogen and oxygen atoms in total. The summed E-state index contributed by atoms with van der Waals surface area (Å²) < 4.78 is 63.8. The van der Waals surface area contributed by atoms with Crippen molar-refractivity contribution in [3.8, 4) is 0 Å². The number of alkyl halides is 3. The van der Waals surface area contributed by atoms with Crippen molar-refractivity contribution in [3.63, 3.8) is 0 Å². The van der Waals surface area contributed by atoms with Crippen LogP contribution in [0.2, 0.25) is 0 Å². The second kappa shape index (κ2) is 9.41. The molecule has 3 heterocycles. The summed E-state index contributed by atoms with van der Waals surface area (Å²) in [5.41, 5.74) is 2.29. The Morgan fingerprint density at radius 2 is 2.10 bits per heavy atom. The van der Waals surface area contributed by atoms with Gasteiger partial charge in [0.1, 0.15) is 0 Å². The third-order valence-electron chi connectivity index (χ3n) is 4.02. The lowest BCUT2D eigenvalue weighted by Crippen LogP contribution is -2.38. The summed E-state index contributed by atoms with van der Waals surface area (Å²) in [5, 5.41) is 11.5. The van der Waals surface area contributed by atoms with Crippen LogP contribution in [-0.4, -0.2) is 59.7 Å². The van der Waals surface area contributed by atoms with Crippen molar-refractivity contribution in [3.05, 3.63) is 42.1 Å². The molecule has 2 aromatic heterocycles. The normalized spacial score (nSPS) is 17.3. The molecule has 1 atom stereocenters. The molecule has 0 bridgehead atoms. The van der Waals surface area contributed by atoms with Crippen LogP contribution in [0.4, 0.5) is 13.2 Å². The predicted molar refractivity (Wildman–Crippen MR) is 95.2 cm³/mol. The molecule has 0 fully saturated rings. The number of hydrogen-bond acceptors (Lipinski definition) is 6. The van der Waals surface area contributed by atoms with Crippen molar-refractivity contribution >= 4 is 16.0 Å². The van der Waals surface area contributed by atoms with Gasteiger partial charge in [0.05, 0.1) is 30.5 Å². The number of furan rings is 1. The van der Waals surface area contributed by atoms with E-state index in [1.54, 1.807) is 18.7 Å². The van der Waals surface area contributed by atoms with E-state index in [1.807, 2.05) is 16.8 Å². The number of carboxylic acids is 1. The first kappa shape index (κ1) is 22.9. The fourth-order valence-corrected chi connectivity index (χ4v) is 3.34. The Kier molecular flexibility index (Phi) is 7.43. The van der Waals surface area contributed by atoms with Crippen LogP contribution >= 0.6 is 0 Å². The van der Waals surface area contributed by atoms with Gasteiger partial charge in [-0.3, -0.25) is 9.58 Å². The molecule has 0 saturated heterocycles. The number of aromatic nitrogens is 2. The van der Waals surface area contributed by atoms with Gasteiger partial charge in [-0.05, 0) is 18.6 Å². The van der Waals surface area contributed by atoms with Gasteiger partial charge >= 0.3 is 12.1 Å². The number of hydrogen-bond donors (Lipinski definition) is 2. The zero-order valence-corrected chi connectivity index (χ0v) is 16.3. The van der Waals surface area contributed by atoms with Crippen molar-refractivity contribution < 1.29 is 35.9 Å². The first-order valence-corrected chi connectivity index (χ1v) is 10.4. The summed E-state index contributed by atoms with van der Waals surface area (Å²) in [6, 6.07) is 4.14. The minimum absolute atomic E-state index is 0.167. The highest BCUT2D eigenvalue weighted by molar-refractivity contribution is 7.88. The van der Waals surface area contributed by atoms with E-state index >= 15 is 0 Å². The standard InChI is InChI=1S/C14H20N4O3S.C2HF3O2/c1-22(19,20)16-6-3-14-10-17(8-12-4-7-21-11-12)9-13-2-5-15-18(13)14;3-2(4,5)1(6)7/h2,4-5,7,11,14,16H,3,6,8-10H2,1H3;(H,6,7). The van der Waals surface area contributed by atoms with Crippen LogP contribution < -0.4 is 4.72 Å². The molecule has 1 unspecified atom stereocenters. The topological polar surface area (TPSA) is 118 Å². The molecule has 162 valence electrons. The zero-order valence-electron chi connectivity index (χ0n) is 15.5. The summed E-state index contributed by atoms with van der Waals surface area (Å²) in [7, 11) is -3.15. The summed E-state index contributed by atoms with van der Waals surface area (Å²) in [5.74, 6) is -2.76. The van der Waals surface area contributed by atoms with Gasteiger partial charge in [-0.2, -0.15) is 18.3 Å². The fraction of sp³-hybridized carbons (Fsp3) is 0.500. The van der Waals surface area contributed by atoms with Crippen LogP contribution in [0.25, 0.3) is 0 Å². The molecule has 0 amide bonds. The number of sulfonamides is 1. The maximum Gasteiger partial charge on any atom is 0.490 e. The van der Waals surface area contributed by atoms with Gasteiger partial charge in [-0.1, -0.05) is 0 Å². The van der Waals surface area contributed by atoms with E-state index < -0.39 is 22.2 Å². The van der Waals surface area contributed by atoms with E-state index in [1.165, 1.54) is 6.26 Å². The maximum atomic E-state index is 11.2. The highest BCUT2D eigenvalue weighted by atomic mass is 32.2. The molecule has 1 aliphatic heterocycles. The summed E-state index contributed by atoms with van der Waals surface area (Å²) in [6.07, 6.45) is 2.04. The van der Waals surface area contributed by atoms with Gasteiger partial charge in [0.2, 0.25) is 10.0 Å². The van der Waals surface area contributed by atoms with Crippen molar-refractivity contribution in [2.45, 2.75) is 31.7 Å². The molecule has 0 radical (unpaired) electrons. The van der Waals surface area contributed by atoms with Crippen LogP contribution in [0.1, 0.15) is 23.7 Å². The number of carbonyl (C=O) groups is 1. The van der Waals surface area contributed by atoms with Crippen LogP contribution in [0.5, 0.6) is 0 Å². The third kappa shape index (κ3) is 7.51. The quantitative estimate of drug-likeness (QED) is 0.704. The number of halogens is 3. The molecule has 0 saturated carbocycles. The summed E-state index contributed by atoms with van der Waals surface area (Å²) in [6.45, 7) is 2.91. The molecule has 0 aromatic carbocycles. The molecule has 1 aliphatic rings. The third-order valence-corrected chi connectivity index (χ3v) is 4.75. The highest BCUT2D eigenvalue weighted by Gasteiger charge is 2.38. The number of nitrogens with one attached hydrogen (secondary N) is 1. The molecule has 0 aliphatic carbocycles. The van der Waals surface area contributed by atoms with E-state index in [4.69, 9.17) is 14.3 Å². The monoisotopic (exact) mass is 438 g/mol. The molecular formula is C16H21F3N4O5S. The van der Waals surface area contributed by atoms with Gasteiger partial charge < -0.3 is 9.52 Å². The summed E-state index contributed by atoms with van der Waals surface area (Å²) in [4.78, 5) is 11.2. The predicted octanol–water partition coefficient (Wildman–Crippen LogP) is 1.61. The number of aliphatic carboxylic acids is 1. The summed E-state index contributed by atoms with van der Waals surface area (Å²) >= 11 is 0. The molecule has 29 heavy (non-hydrogen) atoms. The van der Waals surface area contributed by atoms with Gasteiger partial charge in [0, 0.05) is 37.9 Å². The molecular weight excluding hydrogens is 417 g/mol. The first-order chi connectivity index (χ1) is 13.5. The second-order valence-corrected chi connectivity index (χ2v) is 8.31. The maximum absolute atomic E-state index is 11.2. The molecule has 2 N–H and O–H groups in total. The fourth-order valence-electron chi connectivity index (χ4n) is 2.85. The molecule has 13 heteroatoms. The van der Waals surface area contributed by atoms with Crippen LogP contribution in [0.3, 0.4) is 0 Å². The van der Waals surface area contributed by atoms with Crippen LogP contribution in [-0.2, 0) is 27.9 Å². The van der Waals surface area contributed by atoms with Crippen LogP contribution in [0.15, 0.2) is 35.3 Å². The van der Waals surface area contributed by atoms with Crippen molar-refractivity contribution in [2.24, 2.45) is 0 Å².